The van der Waals surface area contributed by atoms with Gasteiger partial charge in [0, 0.05) is 12.6 Å². The number of methoxy groups -OCH3 is 1. The van der Waals surface area contributed by atoms with Gasteiger partial charge < -0.3 is 9.30 Å². The highest BCUT2D eigenvalue weighted by molar-refractivity contribution is 5.78. The van der Waals surface area contributed by atoms with Crippen molar-refractivity contribution < 1.29 is 4.74 Å². The first kappa shape index (κ1) is 14.2. The Morgan fingerprint density at radius 3 is 2.77 bits per heavy atom. The minimum Gasteiger partial charge on any atom is -0.497 e. The molecule has 0 aliphatic carbocycles. The molecule has 0 aliphatic rings. The monoisotopic (exact) mass is 291 g/mol. The number of nitriles is 1. The van der Waals surface area contributed by atoms with Crippen molar-refractivity contribution in [2.75, 3.05) is 7.11 Å². The average Bonchev–Trinajstić information content (AvgIpc) is 2.86. The number of imidazole rings is 1. The van der Waals surface area contributed by atoms with E-state index < -0.39 is 0 Å². The van der Waals surface area contributed by atoms with Crippen LogP contribution >= 0.6 is 0 Å². The molecule has 0 fully saturated rings. The highest BCUT2D eigenvalue weighted by atomic mass is 16.5. The predicted molar refractivity (Wildman–Crippen MR) is 85.9 cm³/mol. The van der Waals surface area contributed by atoms with Gasteiger partial charge in [-0.3, -0.25) is 0 Å². The molecule has 4 heteroatoms. The van der Waals surface area contributed by atoms with Gasteiger partial charge in [0.2, 0.25) is 0 Å². The summed E-state index contributed by atoms with van der Waals surface area (Å²) in [7, 11) is 1.64. The molecule has 0 spiro atoms. The van der Waals surface area contributed by atoms with Crippen molar-refractivity contribution >= 4 is 11.0 Å². The third-order valence-electron chi connectivity index (χ3n) is 3.86. The summed E-state index contributed by atoms with van der Waals surface area (Å²) in [6, 6.07) is 16.3. The SMILES string of the molecule is COc1ccc2c(c1)nc(CC#N)n2Cc1ccccc1C. The molecule has 0 unspecified atom stereocenters. The van der Waals surface area contributed by atoms with E-state index >= 15 is 0 Å². The van der Waals surface area contributed by atoms with Crippen LogP contribution in [0.25, 0.3) is 11.0 Å². The summed E-state index contributed by atoms with van der Waals surface area (Å²) >= 11 is 0. The summed E-state index contributed by atoms with van der Waals surface area (Å²) < 4.78 is 7.37. The summed E-state index contributed by atoms with van der Waals surface area (Å²) in [5.41, 5.74) is 4.35. The second kappa shape index (κ2) is 5.90. The van der Waals surface area contributed by atoms with Crippen LogP contribution < -0.4 is 4.74 Å². The number of fused-ring (bicyclic) bond motifs is 1. The Kier molecular flexibility index (Phi) is 3.80. The minimum atomic E-state index is 0.295. The Labute approximate surface area is 129 Å². The second-order valence-corrected chi connectivity index (χ2v) is 5.23. The molecule has 1 aromatic heterocycles. The Balaban J connectivity index is 2.12. The van der Waals surface area contributed by atoms with Crippen molar-refractivity contribution in [1.29, 1.82) is 5.26 Å². The third-order valence-corrected chi connectivity index (χ3v) is 3.86. The summed E-state index contributed by atoms with van der Waals surface area (Å²) in [6.07, 6.45) is 0.295. The molecule has 0 amide bonds. The van der Waals surface area contributed by atoms with Crippen LogP contribution in [0.5, 0.6) is 5.75 Å². The van der Waals surface area contributed by atoms with E-state index in [0.717, 1.165) is 22.6 Å². The van der Waals surface area contributed by atoms with Crippen molar-refractivity contribution in [1.82, 2.24) is 9.55 Å². The van der Waals surface area contributed by atoms with Crippen molar-refractivity contribution in [2.24, 2.45) is 0 Å². The van der Waals surface area contributed by atoms with Crippen LogP contribution in [-0.4, -0.2) is 16.7 Å². The van der Waals surface area contributed by atoms with Gasteiger partial charge in [0.1, 0.15) is 11.6 Å². The molecule has 0 radical (unpaired) electrons. The zero-order chi connectivity index (χ0) is 15.5. The van der Waals surface area contributed by atoms with E-state index in [2.05, 4.69) is 34.7 Å². The zero-order valence-electron chi connectivity index (χ0n) is 12.7. The van der Waals surface area contributed by atoms with Crippen molar-refractivity contribution in [2.45, 2.75) is 19.9 Å². The van der Waals surface area contributed by atoms with Gasteiger partial charge in [-0.1, -0.05) is 24.3 Å². The molecule has 22 heavy (non-hydrogen) atoms. The standard InChI is InChI=1S/C18H17N3O/c1-13-5-3-4-6-14(13)12-21-17-8-7-15(22-2)11-16(17)20-18(21)9-10-19/h3-8,11H,9,12H2,1-2H3. The fourth-order valence-electron chi connectivity index (χ4n) is 2.63. The maximum absolute atomic E-state index is 9.06. The number of hydrogen-bond acceptors (Lipinski definition) is 3. The molecule has 1 heterocycles. The molecule has 0 aliphatic heterocycles. The van der Waals surface area contributed by atoms with Crippen LogP contribution in [-0.2, 0) is 13.0 Å². The molecule has 2 aromatic carbocycles. The zero-order valence-corrected chi connectivity index (χ0v) is 12.7. The van der Waals surface area contributed by atoms with E-state index in [9.17, 15) is 0 Å². The number of benzene rings is 2. The Morgan fingerprint density at radius 1 is 1.23 bits per heavy atom. The second-order valence-electron chi connectivity index (χ2n) is 5.23. The Hall–Kier alpha value is -2.80. The summed E-state index contributed by atoms with van der Waals surface area (Å²) in [5, 5.41) is 9.06. The van der Waals surface area contributed by atoms with Crippen molar-refractivity contribution in [3.8, 4) is 11.8 Å². The molecule has 110 valence electrons. The van der Waals surface area contributed by atoms with E-state index in [1.165, 1.54) is 11.1 Å². The maximum Gasteiger partial charge on any atom is 0.124 e. The highest BCUT2D eigenvalue weighted by Gasteiger charge is 2.12. The Bertz CT molecular complexity index is 858. The molecular formula is C18H17N3O. The first-order valence-corrected chi connectivity index (χ1v) is 7.17. The first-order valence-electron chi connectivity index (χ1n) is 7.17. The normalized spacial score (nSPS) is 10.6. The lowest BCUT2D eigenvalue weighted by molar-refractivity contribution is 0.415. The van der Waals surface area contributed by atoms with Crippen LogP contribution in [0, 0.1) is 18.3 Å². The van der Waals surface area contributed by atoms with Gasteiger partial charge in [0.15, 0.2) is 0 Å². The molecule has 4 nitrogen and oxygen atoms in total. The molecule has 0 N–H and O–H groups in total. The predicted octanol–water partition coefficient (Wildman–Crippen LogP) is 3.47. The van der Waals surface area contributed by atoms with Crippen LogP contribution in [0.3, 0.4) is 0 Å². The molecule has 3 aromatic rings. The molecule has 0 bridgehead atoms. The lowest BCUT2D eigenvalue weighted by Gasteiger charge is -2.10. The van der Waals surface area contributed by atoms with Gasteiger partial charge in [-0.25, -0.2) is 4.98 Å². The first-order chi connectivity index (χ1) is 10.7. The Morgan fingerprint density at radius 2 is 2.05 bits per heavy atom. The van der Waals surface area contributed by atoms with Gasteiger partial charge in [-0.15, -0.1) is 0 Å². The lowest BCUT2D eigenvalue weighted by atomic mass is 10.1. The number of rotatable bonds is 4. The van der Waals surface area contributed by atoms with E-state index in [4.69, 9.17) is 10.00 Å². The summed E-state index contributed by atoms with van der Waals surface area (Å²) in [5.74, 6) is 1.56. The number of aromatic nitrogens is 2. The number of ether oxygens (including phenoxy) is 1. The highest BCUT2D eigenvalue weighted by Crippen LogP contribution is 2.23. The average molecular weight is 291 g/mol. The van der Waals surface area contributed by atoms with Crippen LogP contribution in [0.2, 0.25) is 0 Å². The number of aryl methyl sites for hydroxylation is 1. The fraction of sp³-hybridized carbons (Fsp3) is 0.222. The summed E-state index contributed by atoms with van der Waals surface area (Å²) in [6.45, 7) is 2.81. The topological polar surface area (TPSA) is 50.8 Å². The lowest BCUT2D eigenvalue weighted by Crippen LogP contribution is -2.06. The van der Waals surface area contributed by atoms with Crippen LogP contribution in [0.1, 0.15) is 17.0 Å². The van der Waals surface area contributed by atoms with Crippen LogP contribution in [0.15, 0.2) is 42.5 Å². The van der Waals surface area contributed by atoms with E-state index in [-0.39, 0.29) is 0 Å². The van der Waals surface area contributed by atoms with Gasteiger partial charge in [-0.2, -0.15) is 5.26 Å². The maximum atomic E-state index is 9.06. The van der Waals surface area contributed by atoms with Crippen molar-refractivity contribution in [3.05, 3.63) is 59.4 Å². The smallest absolute Gasteiger partial charge is 0.124 e. The van der Waals surface area contributed by atoms with Gasteiger partial charge in [0.05, 0.1) is 30.6 Å². The number of hydrogen-bond donors (Lipinski definition) is 0. The molecular weight excluding hydrogens is 274 g/mol. The molecule has 0 saturated carbocycles. The number of nitrogens with zero attached hydrogens (tertiary/aromatic N) is 3. The fourth-order valence-corrected chi connectivity index (χ4v) is 2.63. The van der Waals surface area contributed by atoms with Gasteiger partial charge in [0.25, 0.3) is 0 Å². The summed E-state index contributed by atoms with van der Waals surface area (Å²) in [4.78, 5) is 4.60. The van der Waals surface area contributed by atoms with Crippen molar-refractivity contribution in [3.63, 3.8) is 0 Å². The van der Waals surface area contributed by atoms with E-state index in [1.807, 2.05) is 30.3 Å². The van der Waals surface area contributed by atoms with Crippen LogP contribution in [0.4, 0.5) is 0 Å². The minimum absolute atomic E-state index is 0.295. The van der Waals surface area contributed by atoms with Gasteiger partial charge in [-0.05, 0) is 30.2 Å². The van der Waals surface area contributed by atoms with E-state index in [0.29, 0.717) is 13.0 Å². The van der Waals surface area contributed by atoms with Gasteiger partial charge >= 0.3 is 0 Å². The molecule has 3 rings (SSSR count). The molecule has 0 saturated heterocycles. The largest absolute Gasteiger partial charge is 0.497 e. The molecule has 0 atom stereocenters. The quantitative estimate of drug-likeness (QED) is 0.739. The third kappa shape index (κ3) is 2.53. The van der Waals surface area contributed by atoms with E-state index in [1.54, 1.807) is 7.11 Å².